The molecule has 0 unspecified atom stereocenters. The fraction of sp³-hybridized carbons (Fsp3) is 0.0357. The maximum absolute atomic E-state index is 13.5. The summed E-state index contributed by atoms with van der Waals surface area (Å²) < 4.78 is 7.10. The fourth-order valence-electron chi connectivity index (χ4n) is 3.82. The van der Waals surface area contributed by atoms with Gasteiger partial charge in [-0.15, -0.1) is 11.3 Å². The zero-order chi connectivity index (χ0) is 26.6. The Hall–Kier alpha value is -4.41. The van der Waals surface area contributed by atoms with Gasteiger partial charge in [0.1, 0.15) is 5.01 Å². The Bertz CT molecular complexity index is 1640. The first-order valence-electron chi connectivity index (χ1n) is 11.4. The summed E-state index contributed by atoms with van der Waals surface area (Å²) in [7, 11) is 0. The number of amides is 1. The second-order valence-electron chi connectivity index (χ2n) is 8.14. The Morgan fingerprint density at radius 1 is 0.947 bits per heavy atom. The number of carbonyl (C=O) groups excluding carboxylic acids is 2. The van der Waals surface area contributed by atoms with Gasteiger partial charge >= 0.3 is 5.97 Å². The number of nitrogens with zero attached hydrogens (tertiary/aromatic N) is 2. The molecule has 1 heterocycles. The van der Waals surface area contributed by atoms with Crippen molar-refractivity contribution in [3.8, 4) is 10.6 Å². The minimum absolute atomic E-state index is 0.132. The Labute approximate surface area is 229 Å². The minimum Gasteiger partial charge on any atom is -0.444 e. The lowest BCUT2D eigenvalue weighted by atomic mass is 10.1. The first-order valence-corrected chi connectivity index (χ1v) is 13.0. The second-order valence-corrected chi connectivity index (χ2v) is 10.0. The van der Waals surface area contributed by atoms with Crippen molar-refractivity contribution in [1.82, 2.24) is 4.98 Å². The number of rotatable bonds is 7. The van der Waals surface area contributed by atoms with E-state index in [-0.39, 0.29) is 11.3 Å². The van der Waals surface area contributed by atoms with E-state index >= 15 is 0 Å². The van der Waals surface area contributed by atoms with E-state index in [4.69, 9.17) is 4.74 Å². The summed E-state index contributed by atoms with van der Waals surface area (Å²) in [4.78, 5) is 42.0. The largest absolute Gasteiger partial charge is 0.444 e. The van der Waals surface area contributed by atoms with Crippen LogP contribution in [0.15, 0.2) is 102 Å². The van der Waals surface area contributed by atoms with Crippen LogP contribution in [0.3, 0.4) is 0 Å². The summed E-state index contributed by atoms with van der Waals surface area (Å²) in [5, 5.41) is 14.4. The number of ether oxygens (including phenoxy) is 1. The summed E-state index contributed by atoms with van der Waals surface area (Å²) in [5.74, 6) is -1.30. The molecule has 0 bridgehead atoms. The van der Waals surface area contributed by atoms with E-state index in [9.17, 15) is 19.7 Å². The van der Waals surface area contributed by atoms with Crippen LogP contribution in [0.4, 0.5) is 11.4 Å². The van der Waals surface area contributed by atoms with Crippen LogP contribution < -0.4 is 5.32 Å². The predicted octanol–water partition coefficient (Wildman–Crippen LogP) is 7.17. The summed E-state index contributed by atoms with van der Waals surface area (Å²) in [6, 6.07) is 27.3. The monoisotopic (exact) mass is 587 g/mol. The molecular weight excluding hydrogens is 570 g/mol. The van der Waals surface area contributed by atoms with Crippen molar-refractivity contribution in [3.05, 3.63) is 123 Å². The van der Waals surface area contributed by atoms with Crippen LogP contribution in [0.2, 0.25) is 0 Å². The quantitative estimate of drug-likeness (QED) is 0.123. The maximum Gasteiger partial charge on any atom is 0.339 e. The first-order chi connectivity index (χ1) is 18.4. The van der Waals surface area contributed by atoms with Crippen LogP contribution in [-0.4, -0.2) is 21.8 Å². The first kappa shape index (κ1) is 25.2. The van der Waals surface area contributed by atoms with Gasteiger partial charge in [-0.1, -0.05) is 60.7 Å². The number of fused-ring (bicyclic) bond motifs is 1. The number of nitro benzene ring substituents is 1. The van der Waals surface area contributed by atoms with Crippen molar-refractivity contribution >= 4 is 60.7 Å². The number of aromatic nitrogens is 1. The average molecular weight is 588 g/mol. The molecule has 0 saturated carbocycles. The molecule has 8 nitrogen and oxygen atoms in total. The Morgan fingerprint density at radius 3 is 2.39 bits per heavy atom. The zero-order valence-electron chi connectivity index (χ0n) is 19.5. The standard InChI is InChI=1S/C28H18BrN3O5S/c29-21-16-18(32(35)36)14-15-22(21)30-26(33)25(17-8-2-1-3-9-17)37-28(34)20-11-5-4-10-19(20)27-31-23-12-6-7-13-24(23)38-27/h1-16,25H,(H,30,33)/t25-/m0/s1. The highest BCUT2D eigenvalue weighted by atomic mass is 79.9. The Morgan fingerprint density at radius 2 is 1.66 bits per heavy atom. The number of para-hydroxylation sites is 1. The van der Waals surface area contributed by atoms with E-state index in [0.717, 1.165) is 10.2 Å². The number of nitro groups is 1. The van der Waals surface area contributed by atoms with Gasteiger partial charge in [0.2, 0.25) is 6.10 Å². The molecule has 38 heavy (non-hydrogen) atoms. The topological polar surface area (TPSA) is 111 Å². The molecule has 4 aromatic carbocycles. The third-order valence-electron chi connectivity index (χ3n) is 5.66. The number of hydrogen-bond acceptors (Lipinski definition) is 7. The van der Waals surface area contributed by atoms with Gasteiger partial charge in [-0.25, -0.2) is 9.78 Å². The molecular formula is C28H18BrN3O5S. The van der Waals surface area contributed by atoms with Gasteiger partial charge in [0.05, 0.1) is 26.4 Å². The zero-order valence-corrected chi connectivity index (χ0v) is 21.9. The highest BCUT2D eigenvalue weighted by Crippen LogP contribution is 2.34. The molecule has 1 atom stereocenters. The molecule has 0 aliphatic heterocycles. The number of benzene rings is 4. The van der Waals surface area contributed by atoms with E-state index < -0.39 is 22.9 Å². The number of nitrogens with one attached hydrogen (secondary N) is 1. The van der Waals surface area contributed by atoms with Crippen LogP contribution in [0, 0.1) is 10.1 Å². The van der Waals surface area contributed by atoms with E-state index in [1.807, 2.05) is 30.3 Å². The third-order valence-corrected chi connectivity index (χ3v) is 7.38. The van der Waals surface area contributed by atoms with Crippen molar-refractivity contribution in [2.24, 2.45) is 0 Å². The average Bonchev–Trinajstić information content (AvgIpc) is 3.37. The van der Waals surface area contributed by atoms with E-state index in [1.165, 1.54) is 29.5 Å². The molecule has 5 rings (SSSR count). The van der Waals surface area contributed by atoms with Crippen molar-refractivity contribution in [1.29, 1.82) is 0 Å². The molecule has 1 N–H and O–H groups in total. The summed E-state index contributed by atoms with van der Waals surface area (Å²) in [5.41, 5.74) is 2.33. The number of thiazole rings is 1. The van der Waals surface area contributed by atoms with Crippen LogP contribution in [0.1, 0.15) is 22.0 Å². The number of non-ortho nitro benzene ring substituents is 1. The molecule has 0 radical (unpaired) electrons. The van der Waals surface area contributed by atoms with Gasteiger partial charge in [0, 0.05) is 27.7 Å². The molecule has 10 heteroatoms. The number of esters is 1. The van der Waals surface area contributed by atoms with E-state index in [2.05, 4.69) is 26.2 Å². The van der Waals surface area contributed by atoms with E-state index in [0.29, 0.717) is 26.3 Å². The normalized spacial score (nSPS) is 11.6. The molecule has 188 valence electrons. The Balaban J connectivity index is 1.45. The summed E-state index contributed by atoms with van der Waals surface area (Å²) in [6.45, 7) is 0. The molecule has 0 aliphatic rings. The van der Waals surface area contributed by atoms with E-state index in [1.54, 1.807) is 48.5 Å². The van der Waals surface area contributed by atoms with Gasteiger partial charge in [0.15, 0.2) is 0 Å². The van der Waals surface area contributed by atoms with Crippen LogP contribution in [0.25, 0.3) is 20.8 Å². The van der Waals surface area contributed by atoms with Gasteiger partial charge < -0.3 is 10.1 Å². The van der Waals surface area contributed by atoms with Gasteiger partial charge in [-0.3, -0.25) is 14.9 Å². The molecule has 5 aromatic rings. The lowest BCUT2D eigenvalue weighted by molar-refractivity contribution is -0.384. The lowest BCUT2D eigenvalue weighted by Crippen LogP contribution is -2.26. The third kappa shape index (κ3) is 5.31. The van der Waals surface area contributed by atoms with Crippen molar-refractivity contribution in [3.63, 3.8) is 0 Å². The number of hydrogen-bond donors (Lipinski definition) is 1. The van der Waals surface area contributed by atoms with Crippen molar-refractivity contribution in [2.75, 3.05) is 5.32 Å². The van der Waals surface area contributed by atoms with Crippen molar-refractivity contribution in [2.45, 2.75) is 6.10 Å². The Kier molecular flexibility index (Phi) is 7.25. The number of anilines is 1. The van der Waals surface area contributed by atoms with Crippen LogP contribution in [-0.2, 0) is 9.53 Å². The highest BCUT2D eigenvalue weighted by molar-refractivity contribution is 9.10. The predicted molar refractivity (Wildman–Crippen MR) is 149 cm³/mol. The lowest BCUT2D eigenvalue weighted by Gasteiger charge is -2.19. The summed E-state index contributed by atoms with van der Waals surface area (Å²) >= 11 is 4.71. The second kappa shape index (κ2) is 10.9. The maximum atomic E-state index is 13.5. The molecule has 0 spiro atoms. The van der Waals surface area contributed by atoms with Crippen molar-refractivity contribution < 1.29 is 19.2 Å². The van der Waals surface area contributed by atoms with Gasteiger partial charge in [0.25, 0.3) is 11.6 Å². The summed E-state index contributed by atoms with van der Waals surface area (Å²) in [6.07, 6.45) is -1.28. The fourth-order valence-corrected chi connectivity index (χ4v) is 5.29. The molecule has 0 aliphatic carbocycles. The highest BCUT2D eigenvalue weighted by Gasteiger charge is 2.28. The number of halogens is 1. The molecule has 0 fully saturated rings. The van der Waals surface area contributed by atoms with Crippen LogP contribution in [0.5, 0.6) is 0 Å². The molecule has 0 saturated heterocycles. The van der Waals surface area contributed by atoms with Gasteiger partial charge in [-0.2, -0.15) is 0 Å². The van der Waals surface area contributed by atoms with Gasteiger partial charge in [-0.05, 0) is 40.2 Å². The SMILES string of the molecule is O=C(O[C@H](C(=O)Nc1ccc([N+](=O)[O-])cc1Br)c1ccccc1)c1ccccc1-c1nc2ccccc2s1. The minimum atomic E-state index is -1.28. The smallest absolute Gasteiger partial charge is 0.339 e. The molecule has 1 amide bonds. The molecule has 1 aromatic heterocycles. The number of carbonyl (C=O) groups is 2. The van der Waals surface area contributed by atoms with Crippen LogP contribution >= 0.6 is 27.3 Å².